The van der Waals surface area contributed by atoms with Crippen molar-refractivity contribution < 1.29 is 0 Å². The summed E-state index contributed by atoms with van der Waals surface area (Å²) in [6.07, 6.45) is 3.37. The molecule has 0 radical (unpaired) electrons. The number of aromatic amines is 2. The molecule has 0 aliphatic heterocycles. The highest BCUT2D eigenvalue weighted by atomic mass is 16.2. The number of hydrogen-bond acceptors (Lipinski definition) is 4. The molecule has 0 atom stereocenters. The van der Waals surface area contributed by atoms with Gasteiger partial charge >= 0.3 is 5.69 Å². The minimum absolute atomic E-state index is 0.352. The summed E-state index contributed by atoms with van der Waals surface area (Å²) in [4.78, 5) is 34.6. The van der Waals surface area contributed by atoms with Crippen LogP contribution in [-0.2, 0) is 0 Å². The van der Waals surface area contributed by atoms with Crippen molar-refractivity contribution in [2.24, 2.45) is 0 Å². The summed E-state index contributed by atoms with van der Waals surface area (Å²) >= 11 is 0. The first-order chi connectivity index (χ1) is 10.7. The van der Waals surface area contributed by atoms with E-state index in [1.807, 2.05) is 30.5 Å². The van der Waals surface area contributed by atoms with Gasteiger partial charge in [-0.1, -0.05) is 30.3 Å². The van der Waals surface area contributed by atoms with Crippen molar-refractivity contribution in [3.63, 3.8) is 0 Å². The molecule has 6 nitrogen and oxygen atoms in total. The summed E-state index contributed by atoms with van der Waals surface area (Å²) in [5.74, 6) is 0. The summed E-state index contributed by atoms with van der Waals surface area (Å²) in [5, 5.41) is 1.59. The number of nitrogens with zero attached hydrogens (tertiary/aromatic N) is 2. The Hall–Kier alpha value is -3.28. The normalized spacial score (nSPS) is 10.2. The van der Waals surface area contributed by atoms with Crippen molar-refractivity contribution in [1.82, 2.24) is 19.9 Å². The standard InChI is InChI=1S/C8H6N2O2.C8H6N2/c11-7-5-3-1-2-4-6(5)9-8(12)10-7;1-2-4-8-7(3-1)5-9-6-10-8/h1-4H,(H2,9,10,11,12);1-6H. The number of H-pyrrole nitrogens is 2. The highest BCUT2D eigenvalue weighted by molar-refractivity contribution is 5.77. The lowest BCUT2D eigenvalue weighted by Gasteiger charge is -1.92. The maximum absolute atomic E-state index is 11.1. The third-order valence-corrected chi connectivity index (χ3v) is 3.06. The summed E-state index contributed by atoms with van der Waals surface area (Å²) < 4.78 is 0. The highest BCUT2D eigenvalue weighted by Gasteiger charge is 1.96. The third kappa shape index (κ3) is 2.90. The van der Waals surface area contributed by atoms with Crippen LogP contribution < -0.4 is 11.2 Å². The molecule has 4 aromatic rings. The Morgan fingerprint density at radius 3 is 2.50 bits per heavy atom. The summed E-state index contributed by atoms with van der Waals surface area (Å²) in [7, 11) is 0. The van der Waals surface area contributed by atoms with E-state index in [1.54, 1.807) is 30.6 Å². The lowest BCUT2D eigenvalue weighted by Crippen LogP contribution is -2.21. The van der Waals surface area contributed by atoms with Gasteiger partial charge in [-0.2, -0.15) is 0 Å². The van der Waals surface area contributed by atoms with Gasteiger partial charge in [0.25, 0.3) is 5.56 Å². The van der Waals surface area contributed by atoms with Gasteiger partial charge < -0.3 is 4.98 Å². The van der Waals surface area contributed by atoms with Crippen LogP contribution in [0.5, 0.6) is 0 Å². The van der Waals surface area contributed by atoms with E-state index in [-0.39, 0.29) is 5.56 Å². The minimum Gasteiger partial charge on any atom is -0.307 e. The maximum Gasteiger partial charge on any atom is 0.326 e. The van der Waals surface area contributed by atoms with Gasteiger partial charge in [-0.3, -0.25) is 9.78 Å². The zero-order valence-electron chi connectivity index (χ0n) is 11.5. The topological polar surface area (TPSA) is 91.5 Å². The van der Waals surface area contributed by atoms with Crippen LogP contribution in [0.15, 0.2) is 70.6 Å². The quantitative estimate of drug-likeness (QED) is 0.517. The number of nitrogens with one attached hydrogen (secondary N) is 2. The first-order valence-electron chi connectivity index (χ1n) is 6.60. The fraction of sp³-hybridized carbons (Fsp3) is 0. The molecule has 2 heterocycles. The Balaban J connectivity index is 0.000000133. The molecule has 22 heavy (non-hydrogen) atoms. The molecule has 108 valence electrons. The number of fused-ring (bicyclic) bond motifs is 2. The highest BCUT2D eigenvalue weighted by Crippen LogP contribution is 2.06. The van der Waals surface area contributed by atoms with Crippen LogP contribution in [0.4, 0.5) is 0 Å². The third-order valence-electron chi connectivity index (χ3n) is 3.06. The molecule has 0 unspecified atom stereocenters. The van der Waals surface area contributed by atoms with Crippen molar-refractivity contribution >= 4 is 21.8 Å². The molecule has 0 saturated heterocycles. The smallest absolute Gasteiger partial charge is 0.307 e. The molecule has 0 saturated carbocycles. The Bertz CT molecular complexity index is 971. The summed E-state index contributed by atoms with van der Waals surface area (Å²) in [6, 6.07) is 14.8. The van der Waals surface area contributed by atoms with Gasteiger partial charge in [0, 0.05) is 11.6 Å². The van der Waals surface area contributed by atoms with Crippen LogP contribution >= 0.6 is 0 Å². The predicted molar refractivity (Wildman–Crippen MR) is 84.7 cm³/mol. The van der Waals surface area contributed by atoms with Crippen LogP contribution in [0.25, 0.3) is 21.8 Å². The van der Waals surface area contributed by atoms with Crippen LogP contribution in [0.3, 0.4) is 0 Å². The van der Waals surface area contributed by atoms with E-state index in [0.717, 1.165) is 10.9 Å². The molecule has 0 spiro atoms. The molecule has 2 aromatic heterocycles. The molecule has 4 rings (SSSR count). The van der Waals surface area contributed by atoms with E-state index in [0.29, 0.717) is 10.9 Å². The minimum atomic E-state index is -0.473. The molecule has 0 fully saturated rings. The summed E-state index contributed by atoms with van der Waals surface area (Å²) in [5.41, 5.74) is 0.733. The molecule has 0 amide bonds. The largest absolute Gasteiger partial charge is 0.326 e. The van der Waals surface area contributed by atoms with E-state index in [2.05, 4.69) is 19.9 Å². The fourth-order valence-electron chi connectivity index (χ4n) is 2.04. The molecular formula is C16H12N4O2. The van der Waals surface area contributed by atoms with Gasteiger partial charge in [0.15, 0.2) is 0 Å². The number of benzene rings is 2. The second-order valence-electron chi connectivity index (χ2n) is 4.54. The average molecular weight is 292 g/mol. The SMILES string of the molecule is O=c1[nH]c(=O)c2ccccc2[nH]1.c1ccc2ncncc2c1. The van der Waals surface area contributed by atoms with Crippen molar-refractivity contribution in [3.05, 3.63) is 81.9 Å². The van der Waals surface area contributed by atoms with Crippen LogP contribution in [0.2, 0.25) is 0 Å². The Labute approximate surface area is 124 Å². The number of hydrogen-bond donors (Lipinski definition) is 2. The van der Waals surface area contributed by atoms with Crippen molar-refractivity contribution in [1.29, 1.82) is 0 Å². The Morgan fingerprint density at radius 2 is 1.64 bits per heavy atom. The number of aromatic nitrogens is 4. The van der Waals surface area contributed by atoms with E-state index in [4.69, 9.17) is 0 Å². The molecule has 2 N–H and O–H groups in total. The van der Waals surface area contributed by atoms with Crippen LogP contribution in [0, 0.1) is 0 Å². The van der Waals surface area contributed by atoms with Crippen LogP contribution in [-0.4, -0.2) is 19.9 Å². The maximum atomic E-state index is 11.1. The fourth-order valence-corrected chi connectivity index (χ4v) is 2.04. The molecular weight excluding hydrogens is 280 g/mol. The van der Waals surface area contributed by atoms with Crippen molar-refractivity contribution in [2.45, 2.75) is 0 Å². The lowest BCUT2D eigenvalue weighted by atomic mass is 10.2. The van der Waals surface area contributed by atoms with E-state index >= 15 is 0 Å². The van der Waals surface area contributed by atoms with E-state index in [9.17, 15) is 9.59 Å². The number of rotatable bonds is 0. The van der Waals surface area contributed by atoms with Gasteiger partial charge in [-0.25, -0.2) is 14.8 Å². The predicted octanol–water partition coefficient (Wildman–Crippen LogP) is 1.85. The zero-order valence-corrected chi connectivity index (χ0v) is 11.5. The van der Waals surface area contributed by atoms with Crippen molar-refractivity contribution in [3.8, 4) is 0 Å². The second-order valence-corrected chi connectivity index (χ2v) is 4.54. The van der Waals surface area contributed by atoms with Gasteiger partial charge in [-0.15, -0.1) is 0 Å². The first-order valence-corrected chi connectivity index (χ1v) is 6.60. The molecule has 6 heteroatoms. The number of para-hydroxylation sites is 2. The van der Waals surface area contributed by atoms with E-state index < -0.39 is 5.69 Å². The van der Waals surface area contributed by atoms with Crippen molar-refractivity contribution in [2.75, 3.05) is 0 Å². The summed E-state index contributed by atoms with van der Waals surface area (Å²) in [6.45, 7) is 0. The van der Waals surface area contributed by atoms with Gasteiger partial charge in [0.05, 0.1) is 16.4 Å². The molecule has 2 aromatic carbocycles. The zero-order chi connectivity index (χ0) is 15.4. The first kappa shape index (κ1) is 13.7. The van der Waals surface area contributed by atoms with Gasteiger partial charge in [0.2, 0.25) is 0 Å². The Morgan fingerprint density at radius 1 is 0.864 bits per heavy atom. The average Bonchev–Trinajstić information content (AvgIpc) is 2.55. The lowest BCUT2D eigenvalue weighted by molar-refractivity contribution is 1.08. The molecule has 0 bridgehead atoms. The van der Waals surface area contributed by atoms with Gasteiger partial charge in [-0.05, 0) is 18.2 Å². The van der Waals surface area contributed by atoms with E-state index in [1.165, 1.54) is 0 Å². The second kappa shape index (κ2) is 6.01. The Kier molecular flexibility index (Phi) is 3.74. The monoisotopic (exact) mass is 292 g/mol. The molecule has 0 aliphatic rings. The van der Waals surface area contributed by atoms with Crippen LogP contribution in [0.1, 0.15) is 0 Å². The van der Waals surface area contributed by atoms with Gasteiger partial charge in [0.1, 0.15) is 6.33 Å². The molecule has 0 aliphatic carbocycles.